The summed E-state index contributed by atoms with van der Waals surface area (Å²) in [5.74, 6) is 0. The van der Waals surface area contributed by atoms with Crippen molar-refractivity contribution in [3.8, 4) is 6.19 Å². The molecule has 0 radical (unpaired) electrons. The van der Waals surface area contributed by atoms with E-state index in [0.717, 1.165) is 13.0 Å². The summed E-state index contributed by atoms with van der Waals surface area (Å²) in [6.45, 7) is 0.849. The monoisotopic (exact) mass is 220 g/mol. The molecule has 0 heterocycles. The molecule has 0 bridgehead atoms. The Labute approximate surface area is 99.7 Å². The summed E-state index contributed by atoms with van der Waals surface area (Å²) in [6.07, 6.45) is 17.6. The molecule has 0 saturated heterocycles. The summed E-state index contributed by atoms with van der Waals surface area (Å²) >= 11 is 0. The Kier molecular flexibility index (Phi) is 7.59. The zero-order chi connectivity index (χ0) is 11.5. The summed E-state index contributed by atoms with van der Waals surface area (Å²) in [5.41, 5.74) is 1.71. The highest BCUT2D eigenvalue weighted by Crippen LogP contribution is 2.22. The molecule has 2 heteroatoms. The zero-order valence-corrected chi connectivity index (χ0v) is 10.3. The van der Waals surface area contributed by atoms with Crippen molar-refractivity contribution < 1.29 is 0 Å². The third-order valence-corrected chi connectivity index (χ3v) is 3.26. The van der Waals surface area contributed by atoms with Crippen LogP contribution in [0, 0.1) is 11.5 Å². The van der Waals surface area contributed by atoms with E-state index in [2.05, 4.69) is 11.4 Å². The van der Waals surface area contributed by atoms with Crippen LogP contribution in [0.3, 0.4) is 0 Å². The van der Waals surface area contributed by atoms with Gasteiger partial charge in [0.2, 0.25) is 0 Å². The Hall–Kier alpha value is -0.970. The number of rotatable bonds is 8. The predicted octanol–water partition coefficient (Wildman–Crippen LogP) is 3.90. The van der Waals surface area contributed by atoms with Crippen LogP contribution in [-0.2, 0) is 0 Å². The first-order valence-electron chi connectivity index (χ1n) is 6.73. The third-order valence-electron chi connectivity index (χ3n) is 3.26. The van der Waals surface area contributed by atoms with Gasteiger partial charge in [0, 0.05) is 6.54 Å². The normalized spacial score (nSPS) is 15.3. The van der Waals surface area contributed by atoms with Gasteiger partial charge in [-0.05, 0) is 44.9 Å². The van der Waals surface area contributed by atoms with E-state index in [-0.39, 0.29) is 0 Å². The molecule has 90 valence electrons. The fourth-order valence-electron chi connectivity index (χ4n) is 2.28. The number of unbranched alkanes of at least 4 members (excludes halogenated alkanes) is 4. The standard InChI is InChI=1S/C14H24N2/c15-13-16-12-8-3-1-2-5-9-14-10-6-4-7-11-14/h10,16H,1-9,11-12H2. The molecule has 0 saturated carbocycles. The van der Waals surface area contributed by atoms with Crippen molar-refractivity contribution in [2.24, 2.45) is 0 Å². The van der Waals surface area contributed by atoms with Crippen molar-refractivity contribution in [1.29, 1.82) is 5.26 Å². The summed E-state index contributed by atoms with van der Waals surface area (Å²) in [7, 11) is 0. The minimum atomic E-state index is 0.849. The smallest absolute Gasteiger partial charge is 0.176 e. The van der Waals surface area contributed by atoms with E-state index >= 15 is 0 Å². The molecule has 0 aromatic rings. The first-order chi connectivity index (χ1) is 7.93. The number of hydrogen-bond acceptors (Lipinski definition) is 2. The van der Waals surface area contributed by atoms with Gasteiger partial charge in [0.1, 0.15) is 0 Å². The molecule has 1 rings (SSSR count). The second-order valence-corrected chi connectivity index (χ2v) is 4.66. The van der Waals surface area contributed by atoms with Crippen LogP contribution in [0.15, 0.2) is 11.6 Å². The van der Waals surface area contributed by atoms with Gasteiger partial charge in [-0.15, -0.1) is 0 Å². The van der Waals surface area contributed by atoms with Crippen molar-refractivity contribution in [1.82, 2.24) is 5.32 Å². The lowest BCUT2D eigenvalue weighted by Gasteiger charge is -2.12. The summed E-state index contributed by atoms with van der Waals surface area (Å²) < 4.78 is 0. The van der Waals surface area contributed by atoms with Gasteiger partial charge >= 0.3 is 0 Å². The molecule has 0 spiro atoms. The van der Waals surface area contributed by atoms with Crippen LogP contribution in [0.2, 0.25) is 0 Å². The molecule has 0 aromatic heterocycles. The highest BCUT2D eigenvalue weighted by Gasteiger charge is 2.02. The van der Waals surface area contributed by atoms with Crippen molar-refractivity contribution in [2.45, 2.75) is 64.2 Å². The molecular weight excluding hydrogens is 196 g/mol. The first-order valence-corrected chi connectivity index (χ1v) is 6.73. The van der Waals surface area contributed by atoms with Crippen LogP contribution < -0.4 is 5.32 Å². The minimum Gasteiger partial charge on any atom is -0.324 e. The number of hydrogen-bond donors (Lipinski definition) is 1. The SMILES string of the molecule is N#CNCCCCCCCC1=CCCCC1. The molecule has 0 fully saturated rings. The molecule has 0 aromatic carbocycles. The second kappa shape index (κ2) is 9.27. The molecular formula is C14H24N2. The quantitative estimate of drug-likeness (QED) is 0.291. The number of nitrogens with zero attached hydrogens (tertiary/aromatic N) is 1. The van der Waals surface area contributed by atoms with Gasteiger partial charge in [0.15, 0.2) is 6.19 Å². The van der Waals surface area contributed by atoms with Crippen LogP contribution in [0.1, 0.15) is 64.2 Å². The lowest BCUT2D eigenvalue weighted by atomic mass is 9.95. The Balaban J connectivity index is 1.84. The maximum Gasteiger partial charge on any atom is 0.176 e. The molecule has 0 amide bonds. The zero-order valence-electron chi connectivity index (χ0n) is 10.3. The Morgan fingerprint density at radius 1 is 1.12 bits per heavy atom. The fraction of sp³-hybridized carbons (Fsp3) is 0.786. The number of allylic oxidation sites excluding steroid dienone is 2. The van der Waals surface area contributed by atoms with Gasteiger partial charge in [0.05, 0.1) is 0 Å². The highest BCUT2D eigenvalue weighted by atomic mass is 14.8. The van der Waals surface area contributed by atoms with E-state index in [9.17, 15) is 0 Å². The third kappa shape index (κ3) is 6.50. The topological polar surface area (TPSA) is 35.8 Å². The van der Waals surface area contributed by atoms with Crippen molar-refractivity contribution in [3.05, 3.63) is 11.6 Å². The van der Waals surface area contributed by atoms with E-state index < -0.39 is 0 Å². The molecule has 1 aliphatic carbocycles. The van der Waals surface area contributed by atoms with Gasteiger partial charge in [-0.3, -0.25) is 0 Å². The van der Waals surface area contributed by atoms with Crippen LogP contribution >= 0.6 is 0 Å². The van der Waals surface area contributed by atoms with E-state index in [1.54, 1.807) is 5.57 Å². The Morgan fingerprint density at radius 2 is 1.94 bits per heavy atom. The maximum absolute atomic E-state index is 8.28. The number of nitrogens with one attached hydrogen (secondary N) is 1. The van der Waals surface area contributed by atoms with Gasteiger partial charge < -0.3 is 5.32 Å². The largest absolute Gasteiger partial charge is 0.324 e. The molecule has 16 heavy (non-hydrogen) atoms. The predicted molar refractivity (Wildman–Crippen MR) is 67.9 cm³/mol. The fourth-order valence-corrected chi connectivity index (χ4v) is 2.28. The average molecular weight is 220 g/mol. The average Bonchev–Trinajstić information content (AvgIpc) is 2.34. The molecule has 0 atom stereocenters. The van der Waals surface area contributed by atoms with Crippen LogP contribution in [0.25, 0.3) is 0 Å². The van der Waals surface area contributed by atoms with Gasteiger partial charge in [-0.1, -0.05) is 30.9 Å². The molecule has 1 aliphatic rings. The Bertz CT molecular complexity index is 238. The van der Waals surface area contributed by atoms with Gasteiger partial charge in [-0.25, -0.2) is 0 Å². The van der Waals surface area contributed by atoms with Crippen molar-refractivity contribution >= 4 is 0 Å². The number of nitriles is 1. The molecule has 1 N–H and O–H groups in total. The summed E-state index contributed by atoms with van der Waals surface area (Å²) in [4.78, 5) is 0. The molecule has 0 aliphatic heterocycles. The molecule has 0 unspecified atom stereocenters. The highest BCUT2D eigenvalue weighted by molar-refractivity contribution is 5.04. The van der Waals surface area contributed by atoms with E-state index in [1.807, 2.05) is 6.19 Å². The Morgan fingerprint density at radius 3 is 2.69 bits per heavy atom. The lowest BCUT2D eigenvalue weighted by Crippen LogP contribution is -2.06. The maximum atomic E-state index is 8.28. The van der Waals surface area contributed by atoms with E-state index in [0.29, 0.717) is 0 Å². The lowest BCUT2D eigenvalue weighted by molar-refractivity contribution is 0.589. The van der Waals surface area contributed by atoms with Crippen LogP contribution in [0.4, 0.5) is 0 Å². The summed E-state index contributed by atoms with van der Waals surface area (Å²) in [5, 5.41) is 11.0. The van der Waals surface area contributed by atoms with Crippen molar-refractivity contribution in [3.63, 3.8) is 0 Å². The van der Waals surface area contributed by atoms with E-state index in [1.165, 1.54) is 57.8 Å². The molecule has 2 nitrogen and oxygen atoms in total. The van der Waals surface area contributed by atoms with E-state index in [4.69, 9.17) is 5.26 Å². The minimum absolute atomic E-state index is 0.849. The second-order valence-electron chi connectivity index (χ2n) is 4.66. The summed E-state index contributed by atoms with van der Waals surface area (Å²) in [6, 6.07) is 0. The van der Waals surface area contributed by atoms with Crippen molar-refractivity contribution in [2.75, 3.05) is 6.54 Å². The first kappa shape index (κ1) is 13.1. The van der Waals surface area contributed by atoms with Crippen LogP contribution in [-0.4, -0.2) is 6.54 Å². The van der Waals surface area contributed by atoms with Crippen LogP contribution in [0.5, 0.6) is 0 Å². The van der Waals surface area contributed by atoms with Gasteiger partial charge in [0.25, 0.3) is 0 Å². The van der Waals surface area contributed by atoms with Gasteiger partial charge in [-0.2, -0.15) is 5.26 Å².